The fraction of sp³-hybridized carbons (Fsp3) is 0.414. The summed E-state index contributed by atoms with van der Waals surface area (Å²) in [5.74, 6) is -3.11. The van der Waals surface area contributed by atoms with Gasteiger partial charge in [-0.05, 0) is 75.8 Å². The fourth-order valence-corrected chi connectivity index (χ4v) is 6.35. The standard InChI is InChI=1S/C29H33F2NO5S/c1-15-8-10-18(11-9-15)21-16(2)22-24-19(12-13-20(30)25(24)31)14-32(38(7,35)36)26(22)17(3)23(21)27(28(33)34)37-29(4,5)6/h8-11,27H,12-14H2,1-7H3,(H,33,34)/t27-/m0/s1. The van der Waals surface area contributed by atoms with E-state index >= 15 is 4.39 Å². The third-order valence-corrected chi connectivity index (χ3v) is 8.12. The molecule has 0 aromatic heterocycles. The van der Waals surface area contributed by atoms with E-state index in [4.69, 9.17) is 4.74 Å². The number of ether oxygens (including phenoxy) is 1. The maximum absolute atomic E-state index is 15.5. The molecule has 0 radical (unpaired) electrons. The van der Waals surface area contributed by atoms with Crippen molar-refractivity contribution in [2.45, 2.75) is 66.1 Å². The van der Waals surface area contributed by atoms with Crippen molar-refractivity contribution >= 4 is 27.3 Å². The highest BCUT2D eigenvalue weighted by Crippen LogP contribution is 2.53. The van der Waals surface area contributed by atoms with Gasteiger partial charge < -0.3 is 9.84 Å². The van der Waals surface area contributed by atoms with Gasteiger partial charge in [0, 0.05) is 23.1 Å². The van der Waals surface area contributed by atoms with Crippen LogP contribution in [-0.2, 0) is 19.6 Å². The predicted octanol–water partition coefficient (Wildman–Crippen LogP) is 6.70. The minimum Gasteiger partial charge on any atom is -0.479 e. The lowest BCUT2D eigenvalue weighted by Gasteiger charge is -2.39. The Bertz CT molecular complexity index is 1500. The van der Waals surface area contributed by atoms with Crippen LogP contribution in [-0.4, -0.2) is 37.9 Å². The van der Waals surface area contributed by atoms with Crippen LogP contribution in [0.1, 0.15) is 67.5 Å². The van der Waals surface area contributed by atoms with E-state index in [1.165, 1.54) is 4.31 Å². The minimum absolute atomic E-state index is 0.0628. The zero-order chi connectivity index (χ0) is 28.3. The second-order valence-electron chi connectivity index (χ2n) is 11.0. The molecule has 1 aliphatic heterocycles. The molecule has 38 heavy (non-hydrogen) atoms. The molecule has 6 nitrogen and oxygen atoms in total. The Balaban J connectivity index is 2.22. The summed E-state index contributed by atoms with van der Waals surface area (Å²) in [6.07, 6.45) is -0.347. The number of benzene rings is 2. The molecule has 9 heteroatoms. The molecule has 0 bridgehead atoms. The summed E-state index contributed by atoms with van der Waals surface area (Å²) in [5, 5.41) is 10.3. The van der Waals surface area contributed by atoms with E-state index in [2.05, 4.69) is 0 Å². The van der Waals surface area contributed by atoms with Crippen molar-refractivity contribution in [1.29, 1.82) is 0 Å². The number of hydrogen-bond donors (Lipinski definition) is 1. The van der Waals surface area contributed by atoms with Gasteiger partial charge in [-0.15, -0.1) is 0 Å². The molecule has 2 aromatic rings. The van der Waals surface area contributed by atoms with Crippen molar-refractivity contribution < 1.29 is 31.8 Å². The summed E-state index contributed by atoms with van der Waals surface area (Å²) < 4.78 is 63.4. The van der Waals surface area contributed by atoms with E-state index in [1.807, 2.05) is 31.2 Å². The largest absolute Gasteiger partial charge is 0.479 e. The first-order valence-corrected chi connectivity index (χ1v) is 14.3. The van der Waals surface area contributed by atoms with Gasteiger partial charge in [0.2, 0.25) is 10.0 Å². The van der Waals surface area contributed by atoms with Crippen LogP contribution in [0.5, 0.6) is 0 Å². The number of fused-ring (bicyclic) bond motifs is 2. The second-order valence-corrected chi connectivity index (χ2v) is 13.0. The molecule has 2 aliphatic rings. The van der Waals surface area contributed by atoms with Crippen molar-refractivity contribution in [2.75, 3.05) is 17.1 Å². The summed E-state index contributed by atoms with van der Waals surface area (Å²) in [6.45, 7) is 10.3. The maximum Gasteiger partial charge on any atom is 0.337 e. The molecule has 0 unspecified atom stereocenters. The van der Waals surface area contributed by atoms with E-state index in [0.29, 0.717) is 27.8 Å². The number of rotatable bonds is 5. The van der Waals surface area contributed by atoms with Crippen LogP contribution >= 0.6 is 0 Å². The minimum atomic E-state index is -3.86. The van der Waals surface area contributed by atoms with Crippen LogP contribution in [0.25, 0.3) is 16.7 Å². The van der Waals surface area contributed by atoms with Gasteiger partial charge in [-0.3, -0.25) is 4.31 Å². The number of halogens is 2. The fourth-order valence-electron chi connectivity index (χ4n) is 5.40. The molecule has 0 saturated carbocycles. The lowest BCUT2D eigenvalue weighted by Crippen LogP contribution is -2.38. The third-order valence-electron chi connectivity index (χ3n) is 7.01. The molecule has 2 aromatic carbocycles. The van der Waals surface area contributed by atoms with Gasteiger partial charge in [0.05, 0.1) is 24.1 Å². The third kappa shape index (κ3) is 4.89. The number of allylic oxidation sites excluding steroid dienone is 3. The van der Waals surface area contributed by atoms with Gasteiger partial charge in [0.25, 0.3) is 0 Å². The highest BCUT2D eigenvalue weighted by atomic mass is 32.2. The average molecular weight is 546 g/mol. The number of sulfonamides is 1. The molecular weight excluding hydrogens is 512 g/mol. The van der Waals surface area contributed by atoms with E-state index in [1.54, 1.807) is 34.6 Å². The number of carbonyl (C=O) groups is 1. The molecule has 1 atom stereocenters. The molecule has 0 amide bonds. The van der Waals surface area contributed by atoms with Crippen LogP contribution < -0.4 is 4.31 Å². The van der Waals surface area contributed by atoms with E-state index in [0.717, 1.165) is 11.8 Å². The van der Waals surface area contributed by atoms with Crippen molar-refractivity contribution in [3.05, 3.63) is 69.3 Å². The normalized spacial score (nSPS) is 16.9. The Hall–Kier alpha value is -3.04. The molecule has 1 heterocycles. The van der Waals surface area contributed by atoms with E-state index in [9.17, 15) is 22.7 Å². The van der Waals surface area contributed by atoms with Crippen molar-refractivity contribution in [3.63, 3.8) is 0 Å². The van der Waals surface area contributed by atoms with Crippen molar-refractivity contribution in [1.82, 2.24) is 0 Å². The van der Waals surface area contributed by atoms with Crippen LogP contribution in [0.3, 0.4) is 0 Å². The van der Waals surface area contributed by atoms with Gasteiger partial charge in [-0.2, -0.15) is 0 Å². The van der Waals surface area contributed by atoms with Gasteiger partial charge in [0.15, 0.2) is 11.9 Å². The lowest BCUT2D eigenvalue weighted by molar-refractivity contribution is -0.160. The smallest absolute Gasteiger partial charge is 0.337 e. The molecule has 1 N–H and O–H groups in total. The van der Waals surface area contributed by atoms with E-state index < -0.39 is 39.4 Å². The van der Waals surface area contributed by atoms with Gasteiger partial charge in [-0.25, -0.2) is 22.0 Å². The first-order valence-electron chi connectivity index (χ1n) is 12.4. The van der Waals surface area contributed by atoms with Crippen LogP contribution in [0, 0.1) is 20.8 Å². The number of carboxylic acids is 1. The number of carboxylic acid groups (broad SMARTS) is 1. The monoisotopic (exact) mass is 545 g/mol. The summed E-state index contributed by atoms with van der Waals surface area (Å²) in [5.41, 5.74) is 3.34. The topological polar surface area (TPSA) is 83.9 Å². The second kappa shape index (κ2) is 9.61. The number of aryl methyl sites for hydroxylation is 1. The molecule has 0 fully saturated rings. The zero-order valence-electron chi connectivity index (χ0n) is 22.7. The number of nitrogens with zero attached hydrogens (tertiary/aromatic N) is 1. The van der Waals surface area contributed by atoms with Crippen LogP contribution in [0.4, 0.5) is 14.5 Å². The Morgan fingerprint density at radius 2 is 1.63 bits per heavy atom. The lowest BCUT2D eigenvalue weighted by atomic mass is 9.78. The van der Waals surface area contributed by atoms with Gasteiger partial charge in [-0.1, -0.05) is 29.8 Å². The molecule has 204 valence electrons. The molecule has 0 saturated heterocycles. The van der Waals surface area contributed by atoms with Gasteiger partial charge >= 0.3 is 5.97 Å². The highest BCUT2D eigenvalue weighted by Gasteiger charge is 2.41. The first-order chi connectivity index (χ1) is 17.5. The quantitative estimate of drug-likeness (QED) is 0.452. The SMILES string of the molecule is Cc1ccc(-c2c(C)c3c(c(C)c2[C@H](OC(C)(C)C)C(=O)O)N(S(C)(=O)=O)CC2=C3C(F)=C(F)CC2)cc1. The molecular formula is C29H33F2NO5S. The predicted molar refractivity (Wildman–Crippen MR) is 145 cm³/mol. The number of aliphatic carboxylic acids is 1. The number of hydrogen-bond acceptors (Lipinski definition) is 4. The Labute approximate surface area is 222 Å². The van der Waals surface area contributed by atoms with Crippen LogP contribution in [0.2, 0.25) is 0 Å². The van der Waals surface area contributed by atoms with E-state index in [-0.39, 0.29) is 41.8 Å². The zero-order valence-corrected chi connectivity index (χ0v) is 23.5. The first kappa shape index (κ1) is 28.0. The summed E-state index contributed by atoms with van der Waals surface area (Å²) in [6, 6.07) is 7.43. The Morgan fingerprint density at radius 1 is 1.03 bits per heavy atom. The summed E-state index contributed by atoms with van der Waals surface area (Å²) >= 11 is 0. The summed E-state index contributed by atoms with van der Waals surface area (Å²) in [4.78, 5) is 12.7. The highest BCUT2D eigenvalue weighted by molar-refractivity contribution is 7.92. The maximum atomic E-state index is 15.5. The Morgan fingerprint density at radius 3 is 2.16 bits per heavy atom. The van der Waals surface area contributed by atoms with Gasteiger partial charge in [0.1, 0.15) is 5.83 Å². The molecule has 0 spiro atoms. The number of anilines is 1. The van der Waals surface area contributed by atoms with Crippen LogP contribution in [0.15, 0.2) is 41.5 Å². The molecule has 4 rings (SSSR count). The average Bonchev–Trinajstić information content (AvgIpc) is 2.80. The molecule has 1 aliphatic carbocycles. The van der Waals surface area contributed by atoms with Crippen molar-refractivity contribution in [3.8, 4) is 11.1 Å². The van der Waals surface area contributed by atoms with Crippen molar-refractivity contribution in [2.24, 2.45) is 0 Å². The summed E-state index contributed by atoms with van der Waals surface area (Å²) in [7, 11) is -3.86. The Kier molecular flexibility index (Phi) is 7.08.